The summed E-state index contributed by atoms with van der Waals surface area (Å²) in [5, 5.41) is 5.08. The van der Waals surface area contributed by atoms with Gasteiger partial charge in [0.15, 0.2) is 6.61 Å². The lowest BCUT2D eigenvalue weighted by Gasteiger charge is -2.20. The summed E-state index contributed by atoms with van der Waals surface area (Å²) in [4.78, 5) is 53.4. The lowest BCUT2D eigenvalue weighted by Crippen LogP contribution is -2.49. The first-order valence-corrected chi connectivity index (χ1v) is 9.02. The van der Waals surface area contributed by atoms with Crippen molar-refractivity contribution in [3.8, 4) is 0 Å². The lowest BCUT2D eigenvalue weighted by atomic mass is 10.1. The zero-order chi connectivity index (χ0) is 20.4. The van der Waals surface area contributed by atoms with Gasteiger partial charge in [-0.25, -0.2) is 9.78 Å². The molecule has 2 rings (SSSR count). The Morgan fingerprint density at radius 1 is 1.26 bits per heavy atom. The van der Waals surface area contributed by atoms with Gasteiger partial charge >= 0.3 is 12.0 Å². The van der Waals surface area contributed by atoms with Crippen molar-refractivity contribution in [3.05, 3.63) is 27.1 Å². The second kappa shape index (κ2) is 7.87. The van der Waals surface area contributed by atoms with E-state index in [4.69, 9.17) is 4.74 Å². The van der Waals surface area contributed by atoms with Crippen LogP contribution < -0.4 is 16.2 Å². The molecule has 0 atom stereocenters. The van der Waals surface area contributed by atoms with Gasteiger partial charge in [-0.1, -0.05) is 0 Å². The van der Waals surface area contributed by atoms with Crippen molar-refractivity contribution < 1.29 is 19.1 Å². The van der Waals surface area contributed by atoms with Crippen molar-refractivity contribution in [2.75, 3.05) is 6.61 Å². The van der Waals surface area contributed by atoms with Gasteiger partial charge in [0.2, 0.25) is 0 Å². The van der Waals surface area contributed by atoms with E-state index in [-0.39, 0.29) is 12.1 Å². The molecule has 0 aliphatic heterocycles. The molecule has 27 heavy (non-hydrogen) atoms. The van der Waals surface area contributed by atoms with E-state index >= 15 is 0 Å². The van der Waals surface area contributed by atoms with E-state index < -0.39 is 30.1 Å². The van der Waals surface area contributed by atoms with E-state index in [1.165, 1.54) is 17.7 Å². The zero-order valence-electron chi connectivity index (χ0n) is 15.8. The average Bonchev–Trinajstić information content (AvgIpc) is 2.81. The van der Waals surface area contributed by atoms with Crippen LogP contribution in [0.1, 0.15) is 31.2 Å². The largest absolute Gasteiger partial charge is 0.454 e. The number of aryl methyl sites for hydroxylation is 2. The van der Waals surface area contributed by atoms with Crippen LogP contribution in [0.5, 0.6) is 0 Å². The van der Waals surface area contributed by atoms with E-state index in [0.29, 0.717) is 10.2 Å². The molecule has 0 aliphatic rings. The molecule has 9 nitrogen and oxygen atoms in total. The molecule has 0 aliphatic carbocycles. The van der Waals surface area contributed by atoms with Crippen LogP contribution in [-0.4, -0.2) is 39.6 Å². The number of imide groups is 1. The molecule has 0 fully saturated rings. The number of carbonyl (C=O) groups excluding carboxylic acids is 3. The number of hydrogen-bond acceptors (Lipinski definition) is 7. The molecule has 0 bridgehead atoms. The Bertz CT molecular complexity index is 955. The number of ether oxygens (including phenoxy) is 1. The number of amides is 3. The molecule has 2 aromatic rings. The third-order valence-corrected chi connectivity index (χ3v) is 4.68. The van der Waals surface area contributed by atoms with E-state index in [1.54, 1.807) is 20.8 Å². The Morgan fingerprint density at radius 3 is 2.56 bits per heavy atom. The third-order valence-electron chi connectivity index (χ3n) is 3.56. The average molecular weight is 394 g/mol. The maximum atomic E-state index is 12.5. The van der Waals surface area contributed by atoms with Crippen LogP contribution >= 0.6 is 11.3 Å². The fourth-order valence-corrected chi connectivity index (χ4v) is 3.24. The first-order chi connectivity index (χ1) is 12.5. The SMILES string of the molecule is Cc1sc2ncn(CC(=O)OCC(=O)NC(=O)NC(C)(C)C)c(=O)c2c1C. The summed E-state index contributed by atoms with van der Waals surface area (Å²) in [6.07, 6.45) is 1.28. The van der Waals surface area contributed by atoms with Crippen molar-refractivity contribution in [1.29, 1.82) is 0 Å². The number of rotatable bonds is 4. The predicted molar refractivity (Wildman–Crippen MR) is 101 cm³/mol. The van der Waals surface area contributed by atoms with Gasteiger partial charge < -0.3 is 10.1 Å². The normalized spacial score (nSPS) is 11.3. The number of fused-ring (bicyclic) bond motifs is 1. The maximum Gasteiger partial charge on any atom is 0.326 e. The minimum absolute atomic E-state index is 0.340. The third kappa shape index (κ3) is 5.36. The van der Waals surface area contributed by atoms with Crippen LogP contribution in [0.4, 0.5) is 4.79 Å². The van der Waals surface area contributed by atoms with E-state index in [2.05, 4.69) is 15.6 Å². The number of aromatic nitrogens is 2. The van der Waals surface area contributed by atoms with Crippen LogP contribution in [-0.2, 0) is 20.9 Å². The van der Waals surface area contributed by atoms with Crippen molar-refractivity contribution in [2.45, 2.75) is 46.7 Å². The molecule has 0 saturated carbocycles. The number of carbonyl (C=O) groups is 3. The number of nitrogens with zero attached hydrogens (tertiary/aromatic N) is 2. The van der Waals surface area contributed by atoms with Crippen molar-refractivity contribution in [1.82, 2.24) is 20.2 Å². The first-order valence-electron chi connectivity index (χ1n) is 8.20. The maximum absolute atomic E-state index is 12.5. The summed E-state index contributed by atoms with van der Waals surface area (Å²) in [6.45, 7) is 8.00. The van der Waals surface area contributed by atoms with Gasteiger partial charge in [0.25, 0.3) is 11.5 Å². The van der Waals surface area contributed by atoms with Crippen molar-refractivity contribution in [2.24, 2.45) is 0 Å². The van der Waals surface area contributed by atoms with Gasteiger partial charge in [-0.15, -0.1) is 11.3 Å². The molecule has 2 aromatic heterocycles. The van der Waals surface area contributed by atoms with Gasteiger partial charge in [0, 0.05) is 10.4 Å². The van der Waals surface area contributed by atoms with Crippen LogP contribution in [0.3, 0.4) is 0 Å². The lowest BCUT2D eigenvalue weighted by molar-refractivity contribution is -0.148. The van der Waals surface area contributed by atoms with E-state index in [0.717, 1.165) is 15.0 Å². The molecular weight excluding hydrogens is 372 g/mol. The van der Waals surface area contributed by atoms with Crippen molar-refractivity contribution >= 4 is 39.5 Å². The highest BCUT2D eigenvalue weighted by Crippen LogP contribution is 2.25. The molecule has 0 radical (unpaired) electrons. The standard InChI is InChI=1S/C17H22N4O5S/c1-9-10(2)27-14-13(9)15(24)21(8-18-14)6-12(23)26-7-11(22)19-16(25)20-17(3,4)5/h8H,6-7H2,1-5H3,(H2,19,20,22,25). The second-order valence-corrected chi connectivity index (χ2v) is 8.26. The van der Waals surface area contributed by atoms with E-state index in [1.807, 2.05) is 13.8 Å². The minimum atomic E-state index is -0.783. The minimum Gasteiger partial charge on any atom is -0.454 e. The number of hydrogen-bond donors (Lipinski definition) is 2. The van der Waals surface area contributed by atoms with Gasteiger partial charge in [0.1, 0.15) is 11.4 Å². The van der Waals surface area contributed by atoms with Crippen molar-refractivity contribution in [3.63, 3.8) is 0 Å². The monoisotopic (exact) mass is 394 g/mol. The molecule has 0 saturated heterocycles. The van der Waals surface area contributed by atoms with Gasteiger partial charge in [-0.2, -0.15) is 0 Å². The van der Waals surface area contributed by atoms with Crippen LogP contribution in [0.15, 0.2) is 11.1 Å². The number of thiophene rings is 1. The van der Waals surface area contributed by atoms with Crippen LogP contribution in [0.2, 0.25) is 0 Å². The first kappa shape index (κ1) is 20.6. The molecule has 0 spiro atoms. The zero-order valence-corrected chi connectivity index (χ0v) is 16.7. The summed E-state index contributed by atoms with van der Waals surface area (Å²) in [5.41, 5.74) is -0.0151. The van der Waals surface area contributed by atoms with Crippen LogP contribution in [0, 0.1) is 13.8 Å². The van der Waals surface area contributed by atoms with Gasteiger partial charge in [-0.3, -0.25) is 24.3 Å². The molecule has 0 aromatic carbocycles. The Hall–Kier alpha value is -2.75. The second-order valence-electron chi connectivity index (χ2n) is 7.05. The number of esters is 1. The predicted octanol–water partition coefficient (Wildman–Crippen LogP) is 1.24. The summed E-state index contributed by atoms with van der Waals surface area (Å²) < 4.78 is 5.96. The van der Waals surface area contributed by atoms with Gasteiger partial charge in [0.05, 0.1) is 11.7 Å². The Labute approximate surface area is 159 Å². The fourth-order valence-electron chi connectivity index (χ4n) is 2.25. The Kier molecular flexibility index (Phi) is 5.99. The summed E-state index contributed by atoms with van der Waals surface area (Å²) in [7, 11) is 0. The molecule has 2 heterocycles. The summed E-state index contributed by atoms with van der Waals surface area (Å²) >= 11 is 1.41. The van der Waals surface area contributed by atoms with E-state index in [9.17, 15) is 19.2 Å². The molecule has 10 heteroatoms. The highest BCUT2D eigenvalue weighted by atomic mass is 32.1. The molecular formula is C17H22N4O5S. The smallest absolute Gasteiger partial charge is 0.326 e. The highest BCUT2D eigenvalue weighted by molar-refractivity contribution is 7.18. The molecule has 0 unspecified atom stereocenters. The molecule has 2 N–H and O–H groups in total. The Balaban J connectivity index is 1.94. The fraction of sp³-hybridized carbons (Fsp3) is 0.471. The highest BCUT2D eigenvalue weighted by Gasteiger charge is 2.18. The number of urea groups is 1. The molecule has 146 valence electrons. The van der Waals surface area contributed by atoms with Crippen LogP contribution in [0.25, 0.3) is 10.2 Å². The summed E-state index contributed by atoms with van der Waals surface area (Å²) in [6, 6.07) is -0.683. The number of nitrogens with one attached hydrogen (secondary N) is 2. The summed E-state index contributed by atoms with van der Waals surface area (Å²) in [5.74, 6) is -1.55. The topological polar surface area (TPSA) is 119 Å². The molecule has 3 amide bonds. The quantitative estimate of drug-likeness (QED) is 0.753. The van der Waals surface area contributed by atoms with Gasteiger partial charge in [-0.05, 0) is 40.2 Å². The Morgan fingerprint density at radius 2 is 1.93 bits per heavy atom.